The van der Waals surface area contributed by atoms with Crippen molar-refractivity contribution >= 4 is 9.84 Å². The van der Waals surface area contributed by atoms with Gasteiger partial charge in [0.1, 0.15) is 15.6 Å². The Morgan fingerprint density at radius 1 is 1.33 bits per heavy atom. The van der Waals surface area contributed by atoms with Gasteiger partial charge < -0.3 is 9.84 Å². The number of aryl methyl sites for hydroxylation is 1. The van der Waals surface area contributed by atoms with Gasteiger partial charge in [-0.15, -0.1) is 0 Å². The van der Waals surface area contributed by atoms with Crippen LogP contribution in [0.1, 0.15) is 49.8 Å². The molecule has 1 aromatic carbocycles. The molecule has 1 aromatic rings. The van der Waals surface area contributed by atoms with Gasteiger partial charge in [0.05, 0.1) is 17.5 Å². The Morgan fingerprint density at radius 3 is 2.67 bits per heavy atom. The number of sulfone groups is 1. The number of ether oxygens (including phenoxy) is 1. The number of aliphatic hydroxyl groups excluding tert-OH is 1. The highest BCUT2D eigenvalue weighted by Gasteiger charge is 2.30. The minimum atomic E-state index is -3.02. The minimum Gasteiger partial charge on any atom is -0.490 e. The third kappa shape index (κ3) is 4.20. The highest BCUT2D eigenvalue weighted by Crippen LogP contribution is 2.32. The van der Waals surface area contributed by atoms with Gasteiger partial charge in [-0.1, -0.05) is 12.1 Å². The summed E-state index contributed by atoms with van der Waals surface area (Å²) in [5.41, 5.74) is 1.81. The predicted molar refractivity (Wildman–Crippen MR) is 83.3 cm³/mol. The molecule has 1 N–H and O–H groups in total. The summed E-state index contributed by atoms with van der Waals surface area (Å²) < 4.78 is 29.5. The van der Waals surface area contributed by atoms with Gasteiger partial charge in [-0.2, -0.15) is 0 Å². The maximum absolute atomic E-state index is 11.7. The molecule has 3 atom stereocenters. The summed E-state index contributed by atoms with van der Waals surface area (Å²) in [7, 11) is -3.02. The molecule has 0 bridgehead atoms. The lowest BCUT2D eigenvalue weighted by Gasteiger charge is -2.29. The summed E-state index contributed by atoms with van der Waals surface area (Å²) >= 11 is 0. The van der Waals surface area contributed by atoms with Crippen LogP contribution in [0.2, 0.25) is 0 Å². The molecule has 5 heteroatoms. The van der Waals surface area contributed by atoms with Crippen LogP contribution in [0.5, 0.6) is 5.75 Å². The fourth-order valence-electron chi connectivity index (χ4n) is 2.87. The van der Waals surface area contributed by atoms with E-state index in [1.807, 2.05) is 25.1 Å². The summed E-state index contributed by atoms with van der Waals surface area (Å²) in [6.45, 7) is 3.68. The number of hydrogen-bond acceptors (Lipinski definition) is 4. The van der Waals surface area contributed by atoms with E-state index < -0.39 is 15.9 Å². The molecular formula is C16H24O4S. The van der Waals surface area contributed by atoms with Gasteiger partial charge in [0.15, 0.2) is 0 Å². The molecule has 0 amide bonds. The molecule has 1 aliphatic rings. The van der Waals surface area contributed by atoms with Gasteiger partial charge in [-0.3, -0.25) is 0 Å². The highest BCUT2D eigenvalue weighted by molar-refractivity contribution is 7.91. The highest BCUT2D eigenvalue weighted by atomic mass is 32.2. The predicted octanol–water partition coefficient (Wildman–Crippen LogP) is 2.78. The van der Waals surface area contributed by atoms with Gasteiger partial charge in [-0.25, -0.2) is 8.42 Å². The first-order valence-electron chi connectivity index (χ1n) is 7.41. The largest absolute Gasteiger partial charge is 0.490 e. The SMILES string of the molecule is Cc1ccc([C@@H](C)O)c(OC2CCCC(S(C)(=O)=O)C2)c1. The van der Waals surface area contributed by atoms with E-state index in [9.17, 15) is 13.5 Å². The quantitative estimate of drug-likeness (QED) is 0.928. The van der Waals surface area contributed by atoms with Crippen LogP contribution < -0.4 is 4.74 Å². The average Bonchev–Trinajstić information content (AvgIpc) is 2.37. The number of rotatable bonds is 4. The van der Waals surface area contributed by atoms with Crippen molar-refractivity contribution in [2.24, 2.45) is 0 Å². The van der Waals surface area contributed by atoms with E-state index in [2.05, 4.69) is 0 Å². The maximum Gasteiger partial charge on any atom is 0.150 e. The average molecular weight is 312 g/mol. The van der Waals surface area contributed by atoms with Crippen LogP contribution in [0, 0.1) is 6.92 Å². The second kappa shape index (κ2) is 6.36. The molecule has 4 nitrogen and oxygen atoms in total. The molecule has 21 heavy (non-hydrogen) atoms. The van der Waals surface area contributed by atoms with E-state index in [1.165, 1.54) is 6.26 Å². The molecular weight excluding hydrogens is 288 g/mol. The smallest absolute Gasteiger partial charge is 0.150 e. The number of hydrogen-bond donors (Lipinski definition) is 1. The molecule has 118 valence electrons. The van der Waals surface area contributed by atoms with Crippen molar-refractivity contribution in [1.29, 1.82) is 0 Å². The number of benzene rings is 1. The zero-order valence-corrected chi connectivity index (χ0v) is 13.7. The lowest BCUT2D eigenvalue weighted by atomic mass is 9.97. The van der Waals surface area contributed by atoms with Crippen molar-refractivity contribution in [3.05, 3.63) is 29.3 Å². The lowest BCUT2D eigenvalue weighted by Crippen LogP contribution is -2.33. The van der Waals surface area contributed by atoms with E-state index in [-0.39, 0.29) is 11.4 Å². The standard InChI is InChI=1S/C16H24O4S/c1-11-7-8-15(12(2)17)16(9-11)20-13-5-4-6-14(10-13)21(3,18)19/h7-9,12-14,17H,4-6,10H2,1-3H3/t12-,13?,14?/m1/s1. The van der Waals surface area contributed by atoms with Gasteiger partial charge in [-0.05, 0) is 44.7 Å². The summed E-state index contributed by atoms with van der Waals surface area (Å²) in [4.78, 5) is 0. The van der Waals surface area contributed by atoms with Crippen LogP contribution in [0.25, 0.3) is 0 Å². The van der Waals surface area contributed by atoms with Crippen LogP contribution in [-0.4, -0.2) is 31.1 Å². The monoisotopic (exact) mass is 312 g/mol. The second-order valence-corrected chi connectivity index (χ2v) is 8.40. The molecule has 0 aliphatic heterocycles. The molecule has 1 aliphatic carbocycles. The van der Waals surface area contributed by atoms with E-state index in [1.54, 1.807) is 6.92 Å². The normalized spacial score (nSPS) is 24.6. The van der Waals surface area contributed by atoms with Crippen LogP contribution in [-0.2, 0) is 9.84 Å². The van der Waals surface area contributed by atoms with Crippen LogP contribution in [0.4, 0.5) is 0 Å². The molecule has 0 heterocycles. The van der Waals surface area contributed by atoms with E-state index in [0.29, 0.717) is 12.2 Å². The van der Waals surface area contributed by atoms with Gasteiger partial charge in [0.25, 0.3) is 0 Å². The van der Waals surface area contributed by atoms with Crippen LogP contribution >= 0.6 is 0 Å². The Labute approximate surface area is 127 Å². The Morgan fingerprint density at radius 2 is 2.05 bits per heavy atom. The molecule has 0 spiro atoms. The maximum atomic E-state index is 11.7. The first-order valence-corrected chi connectivity index (χ1v) is 9.37. The summed E-state index contributed by atoms with van der Waals surface area (Å²) in [5.74, 6) is 0.671. The Kier molecular flexibility index (Phi) is 4.94. The fourth-order valence-corrected chi connectivity index (χ4v) is 4.03. The van der Waals surface area contributed by atoms with Crippen molar-refractivity contribution in [3.63, 3.8) is 0 Å². The molecule has 0 saturated heterocycles. The van der Waals surface area contributed by atoms with Gasteiger partial charge in [0, 0.05) is 18.2 Å². The Balaban J connectivity index is 2.16. The minimum absolute atomic E-state index is 0.0993. The molecule has 2 unspecified atom stereocenters. The van der Waals surface area contributed by atoms with E-state index in [0.717, 1.165) is 30.4 Å². The van der Waals surface area contributed by atoms with Crippen molar-refractivity contribution in [3.8, 4) is 5.75 Å². The fraction of sp³-hybridized carbons (Fsp3) is 0.625. The van der Waals surface area contributed by atoms with Crippen LogP contribution in [0.3, 0.4) is 0 Å². The molecule has 0 radical (unpaired) electrons. The molecule has 1 saturated carbocycles. The number of aliphatic hydroxyl groups is 1. The molecule has 1 fully saturated rings. The first-order chi connectivity index (χ1) is 9.77. The van der Waals surface area contributed by atoms with Crippen molar-refractivity contribution in [1.82, 2.24) is 0 Å². The second-order valence-electron chi connectivity index (χ2n) is 6.08. The topological polar surface area (TPSA) is 63.6 Å². The zero-order valence-electron chi connectivity index (χ0n) is 12.9. The van der Waals surface area contributed by atoms with E-state index in [4.69, 9.17) is 4.74 Å². The Bertz CT molecular complexity index is 592. The summed E-state index contributed by atoms with van der Waals surface area (Å²) in [6.07, 6.45) is 3.57. The van der Waals surface area contributed by atoms with Crippen LogP contribution in [0.15, 0.2) is 18.2 Å². The summed E-state index contributed by atoms with van der Waals surface area (Å²) in [6, 6.07) is 5.72. The first kappa shape index (κ1) is 16.3. The third-order valence-corrected chi connectivity index (χ3v) is 5.74. The summed E-state index contributed by atoms with van der Waals surface area (Å²) in [5, 5.41) is 9.52. The van der Waals surface area contributed by atoms with Crippen molar-refractivity contribution in [2.45, 2.75) is 57.0 Å². The van der Waals surface area contributed by atoms with Gasteiger partial charge in [0.2, 0.25) is 0 Å². The third-order valence-electron chi connectivity index (χ3n) is 4.10. The Hall–Kier alpha value is -1.07. The van der Waals surface area contributed by atoms with E-state index >= 15 is 0 Å². The van der Waals surface area contributed by atoms with Crippen molar-refractivity contribution < 1.29 is 18.3 Å². The van der Waals surface area contributed by atoms with Gasteiger partial charge >= 0.3 is 0 Å². The lowest BCUT2D eigenvalue weighted by molar-refractivity contribution is 0.143. The van der Waals surface area contributed by atoms with Crippen molar-refractivity contribution in [2.75, 3.05) is 6.26 Å². The zero-order chi connectivity index (χ0) is 15.6. The molecule has 2 rings (SSSR count). The molecule has 0 aromatic heterocycles.